The van der Waals surface area contributed by atoms with E-state index >= 15 is 0 Å². The quantitative estimate of drug-likeness (QED) is 0.374. The number of aromatic hydroxyl groups is 3. The van der Waals surface area contributed by atoms with Gasteiger partial charge in [-0.15, -0.1) is 0 Å². The third-order valence-corrected chi connectivity index (χ3v) is 6.00. The molecule has 0 spiro atoms. The van der Waals surface area contributed by atoms with Gasteiger partial charge < -0.3 is 44.5 Å². The second-order valence-electron chi connectivity index (χ2n) is 8.20. The topological polar surface area (TPSA) is 155 Å². The van der Waals surface area contributed by atoms with Crippen LogP contribution < -0.4 is 18.9 Å². The van der Waals surface area contributed by atoms with E-state index in [1.54, 1.807) is 24.3 Å². The van der Waals surface area contributed by atoms with E-state index in [9.17, 15) is 30.3 Å². The van der Waals surface area contributed by atoms with E-state index in [1.165, 1.54) is 25.3 Å². The number of ketones is 1. The predicted octanol–water partition coefficient (Wildman–Crippen LogP) is 2.36. The molecule has 182 valence electrons. The summed E-state index contributed by atoms with van der Waals surface area (Å²) in [7, 11) is 1.42. The van der Waals surface area contributed by atoms with Crippen molar-refractivity contribution in [1.29, 1.82) is 0 Å². The van der Waals surface area contributed by atoms with E-state index in [0.29, 0.717) is 16.9 Å². The van der Waals surface area contributed by atoms with Crippen molar-refractivity contribution in [2.45, 2.75) is 24.4 Å². The van der Waals surface area contributed by atoms with Gasteiger partial charge in [-0.05, 0) is 29.8 Å². The lowest BCUT2D eigenvalue weighted by Crippen LogP contribution is -2.37. The van der Waals surface area contributed by atoms with Crippen LogP contribution in [-0.4, -0.2) is 57.2 Å². The summed E-state index contributed by atoms with van der Waals surface area (Å²) in [6.45, 7) is -0.384. The highest BCUT2D eigenvalue weighted by molar-refractivity contribution is 6.05. The normalized spacial score (nSPS) is 22.8. The maximum absolute atomic E-state index is 12.7. The maximum atomic E-state index is 12.7. The largest absolute Gasteiger partial charge is 0.508 e. The minimum absolute atomic E-state index is 0.0395. The molecule has 10 nitrogen and oxygen atoms in total. The zero-order valence-electron chi connectivity index (χ0n) is 18.4. The summed E-state index contributed by atoms with van der Waals surface area (Å²) in [6, 6.07) is 11.6. The van der Waals surface area contributed by atoms with E-state index in [2.05, 4.69) is 0 Å². The van der Waals surface area contributed by atoms with Crippen molar-refractivity contribution in [3.63, 3.8) is 0 Å². The molecule has 3 aromatic carbocycles. The van der Waals surface area contributed by atoms with E-state index < -0.39 is 35.9 Å². The molecule has 0 amide bonds. The first-order valence-electron chi connectivity index (χ1n) is 10.7. The Hall–Kier alpha value is -4.15. The van der Waals surface area contributed by atoms with Gasteiger partial charge in [0.1, 0.15) is 22.8 Å². The molecule has 5 N–H and O–H groups in total. The molecule has 2 aliphatic heterocycles. The minimum Gasteiger partial charge on any atom is -0.508 e. The lowest BCUT2D eigenvalue weighted by Gasteiger charge is -2.35. The summed E-state index contributed by atoms with van der Waals surface area (Å²) in [6.07, 6.45) is -4.27. The number of phenolic OH excluding ortho intramolecular Hbond substituents is 3. The summed E-state index contributed by atoms with van der Waals surface area (Å²) in [5.74, 6) is -0.789. The van der Waals surface area contributed by atoms with Crippen LogP contribution in [0.4, 0.5) is 0 Å². The SMILES string of the molecule is COc1cc([C@@H]2Oc3ccc([C@@H]4Oc5cc(O)cc(O)c5C(=O)[C@@H]4O)cc3O[C@H]2CO)ccc1O. The molecule has 3 aromatic rings. The number of aliphatic hydroxyl groups excluding tert-OH is 2. The number of phenols is 3. The van der Waals surface area contributed by atoms with Crippen LogP contribution >= 0.6 is 0 Å². The van der Waals surface area contributed by atoms with Crippen LogP contribution in [0.1, 0.15) is 33.7 Å². The van der Waals surface area contributed by atoms with Gasteiger partial charge in [-0.25, -0.2) is 0 Å². The molecule has 0 fully saturated rings. The highest BCUT2D eigenvalue weighted by Gasteiger charge is 2.40. The van der Waals surface area contributed by atoms with Crippen LogP contribution in [0.3, 0.4) is 0 Å². The second-order valence-corrected chi connectivity index (χ2v) is 8.20. The molecule has 0 bridgehead atoms. The first kappa shape index (κ1) is 22.6. The summed E-state index contributed by atoms with van der Waals surface area (Å²) in [5.41, 5.74) is 0.779. The number of Topliss-reactive ketones (excluding diaryl/α,β-unsaturated/α-hetero) is 1. The van der Waals surface area contributed by atoms with Gasteiger partial charge in [-0.1, -0.05) is 12.1 Å². The lowest BCUT2D eigenvalue weighted by molar-refractivity contribution is -0.0130. The lowest BCUT2D eigenvalue weighted by atomic mass is 9.92. The second kappa shape index (κ2) is 8.57. The van der Waals surface area contributed by atoms with Gasteiger partial charge in [-0.3, -0.25) is 4.79 Å². The van der Waals surface area contributed by atoms with Crippen molar-refractivity contribution in [2.24, 2.45) is 0 Å². The highest BCUT2D eigenvalue weighted by atomic mass is 16.6. The van der Waals surface area contributed by atoms with Gasteiger partial charge in [-0.2, -0.15) is 0 Å². The van der Waals surface area contributed by atoms with E-state index in [-0.39, 0.29) is 40.9 Å². The van der Waals surface area contributed by atoms with Gasteiger partial charge >= 0.3 is 0 Å². The molecular formula is C25H22O10. The van der Waals surface area contributed by atoms with Gasteiger partial charge in [0.15, 0.2) is 47.4 Å². The van der Waals surface area contributed by atoms with Crippen LogP contribution in [0.15, 0.2) is 48.5 Å². The maximum Gasteiger partial charge on any atom is 0.202 e. The fourth-order valence-electron chi connectivity index (χ4n) is 4.28. The monoisotopic (exact) mass is 482 g/mol. The standard InChI is InChI=1S/C25H22O10/c1-32-17-6-11(2-4-14(17)28)24-20(10-26)33-18-7-12(3-5-16(18)34-24)25-23(31)22(30)21-15(29)8-13(27)9-19(21)35-25/h2-9,20,23-29,31H,10H2,1H3/t20-,23-,24-,25-/m0/s1. The third kappa shape index (κ3) is 3.82. The number of rotatable bonds is 4. The molecule has 0 radical (unpaired) electrons. The Morgan fingerprint density at radius 1 is 0.829 bits per heavy atom. The van der Waals surface area contributed by atoms with Gasteiger partial charge in [0, 0.05) is 17.7 Å². The molecule has 0 saturated heterocycles. The van der Waals surface area contributed by atoms with E-state index in [0.717, 1.165) is 6.07 Å². The summed E-state index contributed by atoms with van der Waals surface area (Å²) < 4.78 is 23.0. The number of hydrogen-bond acceptors (Lipinski definition) is 10. The molecule has 2 aliphatic rings. The van der Waals surface area contributed by atoms with E-state index in [4.69, 9.17) is 18.9 Å². The van der Waals surface area contributed by atoms with Gasteiger partial charge in [0.05, 0.1) is 13.7 Å². The van der Waals surface area contributed by atoms with Crippen molar-refractivity contribution in [3.8, 4) is 40.2 Å². The summed E-state index contributed by atoms with van der Waals surface area (Å²) >= 11 is 0. The fourth-order valence-corrected chi connectivity index (χ4v) is 4.28. The molecule has 5 rings (SSSR count). The van der Waals surface area contributed by atoms with Crippen molar-refractivity contribution < 1.29 is 49.3 Å². The number of carbonyl (C=O) groups is 1. The molecule has 35 heavy (non-hydrogen) atoms. The number of fused-ring (bicyclic) bond motifs is 2. The number of carbonyl (C=O) groups excluding carboxylic acids is 1. The van der Waals surface area contributed by atoms with Crippen LogP contribution in [-0.2, 0) is 0 Å². The molecule has 0 aliphatic carbocycles. The van der Waals surface area contributed by atoms with Gasteiger partial charge in [0.25, 0.3) is 0 Å². The fraction of sp³-hybridized carbons (Fsp3) is 0.240. The first-order chi connectivity index (χ1) is 16.8. The molecular weight excluding hydrogens is 460 g/mol. The Morgan fingerprint density at radius 3 is 2.29 bits per heavy atom. The number of aliphatic hydroxyl groups is 2. The number of ether oxygens (including phenoxy) is 4. The zero-order chi connectivity index (χ0) is 24.9. The molecule has 4 atom stereocenters. The first-order valence-corrected chi connectivity index (χ1v) is 10.7. The smallest absolute Gasteiger partial charge is 0.202 e. The predicted molar refractivity (Wildman–Crippen MR) is 119 cm³/mol. The molecule has 0 unspecified atom stereocenters. The van der Waals surface area contributed by atoms with Crippen LogP contribution in [0.5, 0.6) is 40.2 Å². The average molecular weight is 482 g/mol. The van der Waals surface area contributed by atoms with Gasteiger partial charge in [0.2, 0.25) is 5.78 Å². The van der Waals surface area contributed by atoms with E-state index in [1.807, 2.05) is 0 Å². The molecule has 0 aromatic heterocycles. The minimum atomic E-state index is -1.62. The summed E-state index contributed by atoms with van der Waals surface area (Å²) in [5, 5.41) is 50.2. The Morgan fingerprint density at radius 2 is 1.54 bits per heavy atom. The Bertz CT molecular complexity index is 1300. The Kier molecular flexibility index (Phi) is 5.54. The average Bonchev–Trinajstić information content (AvgIpc) is 2.85. The Labute approximate surface area is 199 Å². The van der Waals surface area contributed by atoms with Crippen molar-refractivity contribution in [3.05, 3.63) is 65.2 Å². The summed E-state index contributed by atoms with van der Waals surface area (Å²) in [4.78, 5) is 12.7. The molecule has 2 heterocycles. The zero-order valence-corrected chi connectivity index (χ0v) is 18.4. The highest BCUT2D eigenvalue weighted by Crippen LogP contribution is 2.45. The Balaban J connectivity index is 1.46. The van der Waals surface area contributed by atoms with Crippen molar-refractivity contribution in [2.75, 3.05) is 13.7 Å². The van der Waals surface area contributed by atoms with Crippen LogP contribution in [0.25, 0.3) is 0 Å². The van der Waals surface area contributed by atoms with Crippen LogP contribution in [0, 0.1) is 0 Å². The number of methoxy groups -OCH3 is 1. The third-order valence-electron chi connectivity index (χ3n) is 6.00. The number of benzene rings is 3. The van der Waals surface area contributed by atoms with Crippen molar-refractivity contribution in [1.82, 2.24) is 0 Å². The number of hydrogen-bond donors (Lipinski definition) is 5. The molecule has 10 heteroatoms. The van der Waals surface area contributed by atoms with Crippen LogP contribution in [0.2, 0.25) is 0 Å². The van der Waals surface area contributed by atoms with Crippen molar-refractivity contribution >= 4 is 5.78 Å². The molecule has 0 saturated carbocycles.